The largest absolute Gasteiger partial charge is 0.440 e. The first-order valence-corrected chi connectivity index (χ1v) is 9.09. The van der Waals surface area contributed by atoms with Crippen molar-refractivity contribution in [3.05, 3.63) is 24.1 Å². The van der Waals surface area contributed by atoms with E-state index in [0.717, 1.165) is 34.8 Å². The Morgan fingerprint density at radius 3 is 2.92 bits per heavy atom. The van der Waals surface area contributed by atoms with Gasteiger partial charge in [0.25, 0.3) is 0 Å². The van der Waals surface area contributed by atoms with Gasteiger partial charge in [-0.2, -0.15) is 11.8 Å². The summed E-state index contributed by atoms with van der Waals surface area (Å²) in [5.74, 6) is 2.85. The lowest BCUT2D eigenvalue weighted by Crippen LogP contribution is -2.39. The average molecular weight is 370 g/mol. The van der Waals surface area contributed by atoms with Crippen molar-refractivity contribution in [2.75, 3.05) is 23.4 Å². The van der Waals surface area contributed by atoms with Crippen molar-refractivity contribution in [3.8, 4) is 0 Å². The predicted molar refractivity (Wildman–Crippen MR) is 102 cm³/mol. The van der Waals surface area contributed by atoms with E-state index in [0.29, 0.717) is 12.3 Å². The van der Waals surface area contributed by atoms with Crippen LogP contribution in [0.4, 0.5) is 5.69 Å². The minimum atomic E-state index is -0.132. The molecule has 1 aliphatic heterocycles. The molecule has 0 saturated carbocycles. The Labute approximate surface area is 152 Å². The molecule has 0 radical (unpaired) electrons. The first-order valence-electron chi connectivity index (χ1n) is 7.94. The summed E-state index contributed by atoms with van der Waals surface area (Å²) in [4.78, 5) is 16.7. The molecule has 1 aromatic carbocycles. The number of aromatic nitrogens is 1. The number of fused-ring (bicyclic) bond motifs is 1. The molecule has 2 heterocycles. The highest BCUT2D eigenvalue weighted by Crippen LogP contribution is 2.27. The van der Waals surface area contributed by atoms with E-state index in [2.05, 4.69) is 36.4 Å². The Morgan fingerprint density at radius 1 is 1.46 bits per heavy atom. The lowest BCUT2D eigenvalue weighted by molar-refractivity contribution is -0.116. The number of hydrogen-bond acceptors (Lipinski definition) is 5. The van der Waals surface area contributed by atoms with Crippen molar-refractivity contribution in [1.82, 2.24) is 10.3 Å². The number of oxazole rings is 1. The maximum absolute atomic E-state index is 12.2. The Bertz CT molecular complexity index is 705. The molecule has 1 saturated heterocycles. The zero-order chi connectivity index (χ0) is 16.4. The molecule has 132 valence electrons. The number of rotatable bonds is 3. The molecule has 1 fully saturated rings. The Kier molecular flexibility index (Phi) is 6.17. The van der Waals surface area contributed by atoms with E-state index in [9.17, 15) is 4.79 Å². The molecule has 1 aliphatic rings. The fourth-order valence-electron chi connectivity index (χ4n) is 2.51. The summed E-state index contributed by atoms with van der Waals surface area (Å²) in [6.07, 6.45) is 0.497. The van der Waals surface area contributed by atoms with Crippen LogP contribution in [0.15, 0.2) is 22.6 Å². The van der Waals surface area contributed by atoms with Gasteiger partial charge in [0.15, 0.2) is 5.58 Å². The Hall–Kier alpha value is -1.24. The minimum Gasteiger partial charge on any atom is -0.440 e. The van der Waals surface area contributed by atoms with Crippen molar-refractivity contribution in [1.29, 1.82) is 0 Å². The van der Waals surface area contributed by atoms with E-state index in [1.54, 1.807) is 0 Å². The van der Waals surface area contributed by atoms with Crippen molar-refractivity contribution in [3.63, 3.8) is 0 Å². The maximum Gasteiger partial charge on any atom is 0.225 e. The first kappa shape index (κ1) is 19.1. The van der Waals surface area contributed by atoms with Crippen molar-refractivity contribution in [2.45, 2.75) is 38.6 Å². The van der Waals surface area contributed by atoms with Crippen LogP contribution in [0.3, 0.4) is 0 Å². The van der Waals surface area contributed by atoms with Crippen LogP contribution in [0, 0.1) is 0 Å². The van der Waals surface area contributed by atoms with Gasteiger partial charge in [-0.15, -0.1) is 12.4 Å². The third-order valence-electron chi connectivity index (χ3n) is 3.74. The quantitative estimate of drug-likeness (QED) is 0.865. The van der Waals surface area contributed by atoms with E-state index >= 15 is 0 Å². The van der Waals surface area contributed by atoms with Crippen molar-refractivity contribution >= 4 is 46.9 Å². The number of benzene rings is 1. The van der Waals surface area contributed by atoms with Gasteiger partial charge in [-0.3, -0.25) is 4.79 Å². The molecule has 1 unspecified atom stereocenters. The van der Waals surface area contributed by atoms with Gasteiger partial charge in [-0.05, 0) is 18.2 Å². The van der Waals surface area contributed by atoms with Gasteiger partial charge in [0.05, 0.1) is 0 Å². The van der Waals surface area contributed by atoms with Crippen LogP contribution in [0.2, 0.25) is 0 Å². The second-order valence-electron chi connectivity index (χ2n) is 6.93. The molecular weight excluding hydrogens is 346 g/mol. The molecule has 1 aromatic heterocycles. The maximum atomic E-state index is 12.2. The topological polar surface area (TPSA) is 67.2 Å². The molecular formula is C17H24ClN3O2S. The summed E-state index contributed by atoms with van der Waals surface area (Å²) in [5.41, 5.74) is 2.16. The van der Waals surface area contributed by atoms with Crippen LogP contribution in [-0.4, -0.2) is 35.0 Å². The average Bonchev–Trinajstić information content (AvgIpc) is 2.91. The lowest BCUT2D eigenvalue weighted by atomic mass is 9.97. The van der Waals surface area contributed by atoms with Gasteiger partial charge >= 0.3 is 0 Å². The summed E-state index contributed by atoms with van der Waals surface area (Å²) in [7, 11) is 0. The first-order chi connectivity index (χ1) is 10.9. The van der Waals surface area contributed by atoms with Crippen LogP contribution >= 0.6 is 24.2 Å². The lowest BCUT2D eigenvalue weighted by Gasteiger charge is -2.22. The number of thioether (sulfide) groups is 1. The van der Waals surface area contributed by atoms with Crippen molar-refractivity contribution < 1.29 is 9.21 Å². The zero-order valence-electron chi connectivity index (χ0n) is 14.2. The standard InChI is InChI=1S/C17H23N3O2S.ClH/c1-17(2,3)16-20-13-8-11(4-5-14(13)22-16)19-15(21)9-12-10-23-7-6-18-12;/h4-5,8,12,18H,6-7,9-10H2,1-3H3,(H,19,21);1H. The summed E-state index contributed by atoms with van der Waals surface area (Å²) >= 11 is 1.89. The van der Waals surface area contributed by atoms with Crippen LogP contribution in [0.5, 0.6) is 0 Å². The number of halogens is 1. The minimum absolute atomic E-state index is 0. The van der Waals surface area contributed by atoms with E-state index < -0.39 is 0 Å². The number of nitrogens with one attached hydrogen (secondary N) is 2. The molecule has 0 spiro atoms. The summed E-state index contributed by atoms with van der Waals surface area (Å²) in [5, 5.41) is 6.34. The third-order valence-corrected chi connectivity index (χ3v) is 4.87. The molecule has 5 nitrogen and oxygen atoms in total. The zero-order valence-corrected chi connectivity index (χ0v) is 15.9. The second-order valence-corrected chi connectivity index (χ2v) is 8.08. The highest BCUT2D eigenvalue weighted by Gasteiger charge is 2.21. The Balaban J connectivity index is 0.00000208. The summed E-state index contributed by atoms with van der Waals surface area (Å²) in [6, 6.07) is 5.86. The predicted octanol–water partition coefficient (Wildman–Crippen LogP) is 3.58. The smallest absolute Gasteiger partial charge is 0.225 e. The van der Waals surface area contributed by atoms with Gasteiger partial charge in [0.2, 0.25) is 11.8 Å². The molecule has 0 aliphatic carbocycles. The second kappa shape index (κ2) is 7.76. The van der Waals surface area contributed by atoms with Crippen LogP contribution in [-0.2, 0) is 10.2 Å². The number of carbonyl (C=O) groups is 1. The van der Waals surface area contributed by atoms with Gasteiger partial charge in [0.1, 0.15) is 5.52 Å². The SMILES string of the molecule is CC(C)(C)c1nc2cc(NC(=O)CC3CSCCN3)ccc2o1.Cl. The highest BCUT2D eigenvalue weighted by molar-refractivity contribution is 7.99. The third kappa shape index (κ3) is 4.65. The van der Waals surface area contributed by atoms with Gasteiger partial charge < -0.3 is 15.1 Å². The summed E-state index contributed by atoms with van der Waals surface area (Å²) in [6.45, 7) is 7.17. The normalized spacial score (nSPS) is 18.2. The van der Waals surface area contributed by atoms with E-state index in [-0.39, 0.29) is 29.8 Å². The molecule has 3 rings (SSSR count). The van der Waals surface area contributed by atoms with E-state index in [1.807, 2.05) is 30.0 Å². The fourth-order valence-corrected chi connectivity index (χ4v) is 3.46. The monoisotopic (exact) mass is 369 g/mol. The van der Waals surface area contributed by atoms with Crippen molar-refractivity contribution in [2.24, 2.45) is 0 Å². The Morgan fingerprint density at radius 2 is 2.25 bits per heavy atom. The number of amides is 1. The fraction of sp³-hybridized carbons (Fsp3) is 0.529. The molecule has 1 amide bonds. The van der Waals surface area contributed by atoms with Crippen LogP contribution in [0.25, 0.3) is 11.1 Å². The van der Waals surface area contributed by atoms with Gasteiger partial charge in [0, 0.05) is 41.6 Å². The number of nitrogens with zero attached hydrogens (tertiary/aromatic N) is 1. The molecule has 2 N–H and O–H groups in total. The molecule has 7 heteroatoms. The van der Waals surface area contributed by atoms with Gasteiger partial charge in [-0.25, -0.2) is 4.98 Å². The number of carbonyl (C=O) groups excluding carboxylic acids is 1. The number of anilines is 1. The molecule has 0 bridgehead atoms. The molecule has 24 heavy (non-hydrogen) atoms. The summed E-state index contributed by atoms with van der Waals surface area (Å²) < 4.78 is 5.78. The van der Waals surface area contributed by atoms with E-state index in [1.165, 1.54) is 0 Å². The van der Waals surface area contributed by atoms with Gasteiger partial charge in [-0.1, -0.05) is 20.8 Å². The van der Waals surface area contributed by atoms with Crippen LogP contribution < -0.4 is 10.6 Å². The van der Waals surface area contributed by atoms with E-state index in [4.69, 9.17) is 4.42 Å². The molecule has 1 atom stereocenters. The highest BCUT2D eigenvalue weighted by atomic mass is 35.5. The van der Waals surface area contributed by atoms with Crippen LogP contribution in [0.1, 0.15) is 33.1 Å². The number of hydrogen-bond donors (Lipinski definition) is 2. The molecule has 2 aromatic rings.